The lowest BCUT2D eigenvalue weighted by molar-refractivity contribution is 0.0512. The summed E-state index contributed by atoms with van der Waals surface area (Å²) in [4.78, 5) is 30.0. The molecule has 8 nitrogen and oxygen atoms in total. The first-order valence-corrected chi connectivity index (χ1v) is 12.1. The van der Waals surface area contributed by atoms with E-state index < -0.39 is 15.8 Å². The molecule has 0 fully saturated rings. The first kappa shape index (κ1) is 22.0. The minimum atomic E-state index is -3.34. The predicted molar refractivity (Wildman–Crippen MR) is 116 cm³/mol. The summed E-state index contributed by atoms with van der Waals surface area (Å²) in [5.41, 5.74) is 2.57. The van der Waals surface area contributed by atoms with Gasteiger partial charge in [0.25, 0.3) is 5.91 Å². The van der Waals surface area contributed by atoms with Crippen LogP contribution in [0.3, 0.4) is 0 Å². The third-order valence-electron chi connectivity index (χ3n) is 4.79. The quantitative estimate of drug-likeness (QED) is 0.577. The molecule has 2 aromatic heterocycles. The summed E-state index contributed by atoms with van der Waals surface area (Å²) in [5.74, 6) is -0.850. The Balaban J connectivity index is 1.97. The van der Waals surface area contributed by atoms with Crippen molar-refractivity contribution in [3.8, 4) is 0 Å². The van der Waals surface area contributed by atoms with Crippen LogP contribution in [0, 0.1) is 13.8 Å². The third-order valence-corrected chi connectivity index (χ3v) is 6.83. The Hall–Kier alpha value is -2.72. The first-order valence-electron chi connectivity index (χ1n) is 9.37. The fourth-order valence-corrected chi connectivity index (χ4v) is 5.06. The maximum Gasteiger partial charge on any atom is 0.355 e. The molecule has 0 spiro atoms. The van der Waals surface area contributed by atoms with Crippen LogP contribution in [0.2, 0.25) is 0 Å². The van der Waals surface area contributed by atoms with Gasteiger partial charge < -0.3 is 9.30 Å². The highest BCUT2D eigenvalue weighted by molar-refractivity contribution is 7.90. The Morgan fingerprint density at radius 2 is 1.93 bits per heavy atom. The van der Waals surface area contributed by atoms with Gasteiger partial charge in [0.15, 0.2) is 15.0 Å². The van der Waals surface area contributed by atoms with Crippen molar-refractivity contribution in [2.75, 3.05) is 18.2 Å². The number of hydrogen-bond acceptors (Lipinski definition) is 7. The highest BCUT2D eigenvalue weighted by Gasteiger charge is 2.27. The van der Waals surface area contributed by atoms with Crippen molar-refractivity contribution in [1.29, 1.82) is 0 Å². The Bertz CT molecular complexity index is 1260. The first-order chi connectivity index (χ1) is 14.1. The van der Waals surface area contributed by atoms with E-state index in [-0.39, 0.29) is 17.4 Å². The zero-order chi connectivity index (χ0) is 22.2. The van der Waals surface area contributed by atoms with Gasteiger partial charge in [0.05, 0.1) is 27.3 Å². The summed E-state index contributed by atoms with van der Waals surface area (Å²) < 4.78 is 31.1. The molecule has 0 saturated heterocycles. The van der Waals surface area contributed by atoms with Gasteiger partial charge in [-0.05, 0) is 51.5 Å². The number of fused-ring (bicyclic) bond motifs is 1. The molecule has 2 heterocycles. The summed E-state index contributed by atoms with van der Waals surface area (Å²) in [6, 6.07) is 4.64. The van der Waals surface area contributed by atoms with Crippen LogP contribution in [0.15, 0.2) is 23.1 Å². The third kappa shape index (κ3) is 3.97. The number of benzene rings is 1. The second-order valence-electron chi connectivity index (χ2n) is 6.77. The number of esters is 1. The van der Waals surface area contributed by atoms with Crippen molar-refractivity contribution in [2.45, 2.75) is 39.1 Å². The number of thiazole rings is 1. The molecule has 30 heavy (non-hydrogen) atoms. The lowest BCUT2D eigenvalue weighted by atomic mass is 10.1. The topological polar surface area (TPSA) is 107 Å². The summed E-state index contributed by atoms with van der Waals surface area (Å²) in [6.07, 6.45) is 1.14. The summed E-state index contributed by atoms with van der Waals surface area (Å²) in [6.45, 7) is 7.89. The second kappa shape index (κ2) is 8.19. The lowest BCUT2D eigenvalue weighted by Crippen LogP contribution is -2.14. The van der Waals surface area contributed by atoms with Crippen molar-refractivity contribution >= 4 is 48.4 Å². The van der Waals surface area contributed by atoms with E-state index in [0.29, 0.717) is 44.4 Å². The number of hydrogen-bond donors (Lipinski definition) is 1. The monoisotopic (exact) mass is 449 g/mol. The summed E-state index contributed by atoms with van der Waals surface area (Å²) in [7, 11) is -3.34. The fraction of sp³-hybridized carbons (Fsp3) is 0.350. The van der Waals surface area contributed by atoms with Crippen molar-refractivity contribution in [3.63, 3.8) is 0 Å². The molecule has 0 bridgehead atoms. The molecule has 3 rings (SSSR count). The largest absolute Gasteiger partial charge is 0.461 e. The SMILES string of the molecule is CCOC(=O)c1c(C)c(C(=O)Nc2nc3ccc(S(C)(=O)=O)cc3s2)c(C)n1CC. The van der Waals surface area contributed by atoms with E-state index in [1.165, 1.54) is 17.4 Å². The van der Waals surface area contributed by atoms with Gasteiger partial charge in [0.1, 0.15) is 5.69 Å². The van der Waals surface area contributed by atoms with Gasteiger partial charge in [-0.15, -0.1) is 0 Å². The zero-order valence-corrected chi connectivity index (χ0v) is 19.0. The molecule has 0 radical (unpaired) electrons. The number of sulfone groups is 1. The van der Waals surface area contributed by atoms with E-state index >= 15 is 0 Å². The molecule has 1 aromatic carbocycles. The molecular formula is C20H23N3O5S2. The Morgan fingerprint density at radius 1 is 1.23 bits per heavy atom. The van der Waals surface area contributed by atoms with E-state index in [9.17, 15) is 18.0 Å². The molecule has 0 aliphatic rings. The van der Waals surface area contributed by atoms with Crippen molar-refractivity contribution < 1.29 is 22.7 Å². The van der Waals surface area contributed by atoms with Gasteiger partial charge in [-0.3, -0.25) is 10.1 Å². The van der Waals surface area contributed by atoms with Gasteiger partial charge >= 0.3 is 5.97 Å². The Morgan fingerprint density at radius 3 is 2.53 bits per heavy atom. The molecule has 0 aliphatic heterocycles. The molecule has 10 heteroatoms. The number of nitrogens with one attached hydrogen (secondary N) is 1. The summed E-state index contributed by atoms with van der Waals surface area (Å²) >= 11 is 1.19. The predicted octanol–water partition coefficient (Wildman–Crippen LogP) is 3.57. The molecule has 1 amide bonds. The Kier molecular flexibility index (Phi) is 6.00. The minimum absolute atomic E-state index is 0.197. The number of carbonyl (C=O) groups excluding carboxylic acids is 2. The fourth-order valence-electron chi connectivity index (χ4n) is 3.44. The molecule has 3 aromatic rings. The van der Waals surface area contributed by atoms with Crippen LogP contribution in [-0.4, -0.2) is 42.7 Å². The van der Waals surface area contributed by atoms with Gasteiger partial charge in [0, 0.05) is 18.5 Å². The number of amides is 1. The van der Waals surface area contributed by atoms with E-state index in [1.54, 1.807) is 37.5 Å². The molecule has 1 N–H and O–H groups in total. The van der Waals surface area contributed by atoms with Crippen molar-refractivity contribution in [2.24, 2.45) is 0 Å². The van der Waals surface area contributed by atoms with Gasteiger partial charge in [-0.25, -0.2) is 18.2 Å². The number of aromatic nitrogens is 2. The number of nitrogens with zero attached hydrogens (tertiary/aromatic N) is 2. The molecular weight excluding hydrogens is 426 g/mol. The number of rotatable bonds is 6. The van der Waals surface area contributed by atoms with E-state index in [4.69, 9.17) is 4.74 Å². The lowest BCUT2D eigenvalue weighted by Gasteiger charge is -2.08. The van der Waals surface area contributed by atoms with Gasteiger partial charge in [-0.2, -0.15) is 0 Å². The van der Waals surface area contributed by atoms with Crippen LogP contribution >= 0.6 is 11.3 Å². The number of carbonyl (C=O) groups is 2. The highest BCUT2D eigenvalue weighted by atomic mass is 32.2. The normalized spacial score (nSPS) is 11.6. The highest BCUT2D eigenvalue weighted by Crippen LogP contribution is 2.30. The van der Waals surface area contributed by atoms with Crippen LogP contribution in [0.1, 0.15) is 46.0 Å². The van der Waals surface area contributed by atoms with Crippen molar-refractivity contribution in [1.82, 2.24) is 9.55 Å². The average Bonchev–Trinajstić information content (AvgIpc) is 3.17. The number of anilines is 1. The van der Waals surface area contributed by atoms with Crippen LogP contribution in [0.5, 0.6) is 0 Å². The molecule has 160 valence electrons. The zero-order valence-electron chi connectivity index (χ0n) is 17.4. The average molecular weight is 450 g/mol. The van der Waals surface area contributed by atoms with Crippen LogP contribution < -0.4 is 5.32 Å². The van der Waals surface area contributed by atoms with E-state index in [0.717, 1.165) is 6.26 Å². The van der Waals surface area contributed by atoms with Crippen LogP contribution in [0.4, 0.5) is 5.13 Å². The van der Waals surface area contributed by atoms with E-state index in [2.05, 4.69) is 10.3 Å². The summed E-state index contributed by atoms with van der Waals surface area (Å²) in [5, 5.41) is 3.13. The Labute approximate surface area is 178 Å². The van der Waals surface area contributed by atoms with Crippen LogP contribution in [0.25, 0.3) is 10.2 Å². The maximum absolute atomic E-state index is 13.0. The second-order valence-corrected chi connectivity index (χ2v) is 9.82. The van der Waals surface area contributed by atoms with Gasteiger partial charge in [-0.1, -0.05) is 11.3 Å². The standard InChI is InChI=1S/C20H23N3O5S2/c1-6-23-12(4)16(11(3)17(23)19(25)28-7-2)18(24)22-20-21-14-9-8-13(30(5,26)27)10-15(14)29-20/h8-10H,6-7H2,1-5H3,(H,21,22,24). The van der Waals surface area contributed by atoms with Crippen LogP contribution in [-0.2, 0) is 21.1 Å². The van der Waals surface area contributed by atoms with E-state index in [1.807, 2.05) is 6.92 Å². The molecule has 0 saturated carbocycles. The smallest absolute Gasteiger partial charge is 0.355 e. The van der Waals surface area contributed by atoms with Crippen molar-refractivity contribution in [3.05, 3.63) is 40.7 Å². The van der Waals surface area contributed by atoms with Gasteiger partial charge in [0.2, 0.25) is 0 Å². The molecule has 0 atom stereocenters. The minimum Gasteiger partial charge on any atom is -0.461 e. The maximum atomic E-state index is 13.0. The molecule has 0 unspecified atom stereocenters. The number of ether oxygens (including phenoxy) is 1. The molecule has 0 aliphatic carbocycles.